The molecule has 0 radical (unpaired) electrons. The van der Waals surface area contributed by atoms with E-state index in [1.54, 1.807) is 24.3 Å². The number of hydrazine groups is 1. The first-order valence-corrected chi connectivity index (χ1v) is 8.98. The third-order valence-corrected chi connectivity index (χ3v) is 6.51. The average Bonchev–Trinajstić information content (AvgIpc) is 3.36. The Morgan fingerprint density at radius 2 is 1.54 bits per heavy atom. The number of hydrogen-bond acceptors (Lipinski definition) is 3. The lowest BCUT2D eigenvalue weighted by Gasteiger charge is -2.37. The molecule has 3 amide bonds. The number of rotatable bonds is 2. The van der Waals surface area contributed by atoms with Crippen LogP contribution in [-0.2, 0) is 9.59 Å². The van der Waals surface area contributed by atoms with Crippen molar-refractivity contribution in [2.45, 2.75) is 6.42 Å². The van der Waals surface area contributed by atoms with Crippen molar-refractivity contribution in [1.82, 2.24) is 10.4 Å². The number of carbonyl (C=O) groups is 3. The number of carbonyl (C=O) groups excluding carboxylic acids is 3. The highest BCUT2D eigenvalue weighted by atomic mass is 79.9. The molecule has 1 heterocycles. The van der Waals surface area contributed by atoms with E-state index in [-0.39, 0.29) is 35.5 Å². The molecule has 3 fully saturated rings. The standard InChI is InChI=1S/C18H15BrN2O3/c19-9-3-1-8(2-4-9)16(22)20-21-17(23)14-10-5-6-11(13-7-12(10)13)15(14)18(21)24/h1-6,10-15H,7H2,(H,20,22)/t10?,11?,12?,13?,14-,15+. The van der Waals surface area contributed by atoms with Crippen molar-refractivity contribution in [3.63, 3.8) is 0 Å². The maximum Gasteiger partial charge on any atom is 0.270 e. The summed E-state index contributed by atoms with van der Waals surface area (Å²) in [5.41, 5.74) is 2.94. The number of nitrogens with zero attached hydrogens (tertiary/aromatic N) is 1. The molecule has 5 aliphatic rings. The van der Waals surface area contributed by atoms with Gasteiger partial charge in [0.05, 0.1) is 11.8 Å². The first kappa shape index (κ1) is 14.4. The van der Waals surface area contributed by atoms with Gasteiger partial charge in [-0.05, 0) is 54.4 Å². The molecule has 1 aliphatic heterocycles. The van der Waals surface area contributed by atoms with Gasteiger partial charge in [-0.2, -0.15) is 5.01 Å². The van der Waals surface area contributed by atoms with Gasteiger partial charge in [0.25, 0.3) is 17.7 Å². The van der Waals surface area contributed by atoms with Crippen LogP contribution in [-0.4, -0.2) is 22.7 Å². The van der Waals surface area contributed by atoms with Gasteiger partial charge in [-0.1, -0.05) is 28.1 Å². The second kappa shape index (κ2) is 4.79. The Hall–Kier alpha value is -1.95. The number of amides is 3. The fourth-order valence-electron chi connectivity index (χ4n) is 4.83. The molecule has 4 unspecified atom stereocenters. The van der Waals surface area contributed by atoms with Crippen LogP contribution in [0.15, 0.2) is 40.9 Å². The number of allylic oxidation sites excluding steroid dienone is 2. The molecule has 6 heteroatoms. The molecule has 0 aromatic heterocycles. The van der Waals surface area contributed by atoms with Gasteiger partial charge in [-0.15, -0.1) is 0 Å². The minimum absolute atomic E-state index is 0.163. The van der Waals surface area contributed by atoms with E-state index in [0.29, 0.717) is 17.4 Å². The highest BCUT2D eigenvalue weighted by Gasteiger charge is 2.67. The summed E-state index contributed by atoms with van der Waals surface area (Å²) < 4.78 is 0.861. The first-order valence-electron chi connectivity index (χ1n) is 8.19. The van der Waals surface area contributed by atoms with Gasteiger partial charge in [-0.25, -0.2) is 0 Å². The van der Waals surface area contributed by atoms with Crippen LogP contribution in [0, 0.1) is 35.5 Å². The van der Waals surface area contributed by atoms with E-state index in [4.69, 9.17) is 0 Å². The molecule has 1 N–H and O–H groups in total. The number of benzene rings is 1. The predicted octanol–water partition coefficient (Wildman–Crippen LogP) is 2.15. The van der Waals surface area contributed by atoms with Gasteiger partial charge in [0.1, 0.15) is 0 Å². The Morgan fingerprint density at radius 3 is 2.08 bits per heavy atom. The molecule has 1 aromatic carbocycles. The summed E-state index contributed by atoms with van der Waals surface area (Å²) in [7, 11) is 0. The largest absolute Gasteiger partial charge is 0.272 e. The van der Waals surface area contributed by atoms with Crippen LogP contribution in [0.1, 0.15) is 16.8 Å². The number of halogens is 1. The van der Waals surface area contributed by atoms with Crippen LogP contribution in [0.4, 0.5) is 0 Å². The van der Waals surface area contributed by atoms with E-state index < -0.39 is 5.91 Å². The van der Waals surface area contributed by atoms with Crippen molar-refractivity contribution in [3.8, 4) is 0 Å². The molecular formula is C18H15BrN2O3. The van der Waals surface area contributed by atoms with Crippen molar-refractivity contribution in [3.05, 3.63) is 46.5 Å². The zero-order chi connectivity index (χ0) is 16.6. The Kier molecular flexibility index (Phi) is 2.87. The second-order valence-corrected chi connectivity index (χ2v) is 8.03. The average molecular weight is 387 g/mol. The van der Waals surface area contributed by atoms with Crippen LogP contribution < -0.4 is 5.43 Å². The Morgan fingerprint density at radius 1 is 1.00 bits per heavy atom. The second-order valence-electron chi connectivity index (χ2n) is 7.11. The van der Waals surface area contributed by atoms with Gasteiger partial charge < -0.3 is 0 Å². The quantitative estimate of drug-likeness (QED) is 0.625. The molecule has 1 saturated heterocycles. The summed E-state index contributed by atoms with van der Waals surface area (Å²) in [6, 6.07) is 6.80. The fraction of sp³-hybridized carbons (Fsp3) is 0.389. The molecule has 6 rings (SSSR count). The van der Waals surface area contributed by atoms with Crippen LogP contribution in [0.2, 0.25) is 0 Å². The number of nitrogens with one attached hydrogen (secondary N) is 1. The summed E-state index contributed by atoms with van der Waals surface area (Å²) in [5, 5.41) is 0.970. The van der Waals surface area contributed by atoms with Crippen molar-refractivity contribution in [1.29, 1.82) is 0 Å². The first-order chi connectivity index (χ1) is 11.6. The highest BCUT2D eigenvalue weighted by molar-refractivity contribution is 9.10. The van der Waals surface area contributed by atoms with E-state index in [1.807, 2.05) is 0 Å². The normalized spacial score (nSPS) is 38.1. The summed E-state index contributed by atoms with van der Waals surface area (Å²) in [5.74, 6) is -0.0797. The lowest BCUT2D eigenvalue weighted by molar-refractivity contribution is -0.143. The van der Waals surface area contributed by atoms with Crippen LogP contribution in [0.5, 0.6) is 0 Å². The van der Waals surface area contributed by atoms with Gasteiger partial charge in [0.15, 0.2) is 0 Å². The van der Waals surface area contributed by atoms with Crippen molar-refractivity contribution < 1.29 is 14.4 Å². The number of hydrogen-bond donors (Lipinski definition) is 1. The smallest absolute Gasteiger partial charge is 0.270 e. The van der Waals surface area contributed by atoms with E-state index in [9.17, 15) is 14.4 Å². The highest BCUT2D eigenvalue weighted by Crippen LogP contribution is 2.65. The molecule has 2 saturated carbocycles. The Bertz CT molecular complexity index is 767. The topological polar surface area (TPSA) is 66.5 Å². The van der Waals surface area contributed by atoms with Gasteiger partial charge in [-0.3, -0.25) is 19.8 Å². The SMILES string of the molecule is O=C(NN1C(=O)[C@@H]2C3C=CC(C4CC43)[C@@H]2C1=O)c1ccc(Br)cc1. The molecule has 0 spiro atoms. The Labute approximate surface area is 147 Å². The van der Waals surface area contributed by atoms with Crippen LogP contribution in [0.25, 0.3) is 0 Å². The molecule has 1 aromatic rings. The van der Waals surface area contributed by atoms with E-state index in [1.165, 1.54) is 0 Å². The molecule has 6 atom stereocenters. The van der Waals surface area contributed by atoms with Crippen molar-refractivity contribution >= 4 is 33.7 Å². The summed E-state index contributed by atoms with van der Waals surface area (Å²) >= 11 is 3.32. The fourth-order valence-corrected chi connectivity index (χ4v) is 5.10. The summed E-state index contributed by atoms with van der Waals surface area (Å²) in [4.78, 5) is 37.9. The minimum atomic E-state index is -0.437. The lowest BCUT2D eigenvalue weighted by atomic mass is 9.63. The molecule has 122 valence electrons. The molecular weight excluding hydrogens is 372 g/mol. The summed E-state index contributed by atoms with van der Waals surface area (Å²) in [6.45, 7) is 0. The van der Waals surface area contributed by atoms with Crippen molar-refractivity contribution in [2.75, 3.05) is 0 Å². The molecule has 2 bridgehead atoms. The Balaban J connectivity index is 1.40. The van der Waals surface area contributed by atoms with E-state index in [0.717, 1.165) is 15.9 Å². The van der Waals surface area contributed by atoms with Crippen LogP contribution in [0.3, 0.4) is 0 Å². The number of imide groups is 1. The monoisotopic (exact) mass is 386 g/mol. The lowest BCUT2D eigenvalue weighted by Crippen LogP contribution is -2.46. The predicted molar refractivity (Wildman–Crippen MR) is 88.2 cm³/mol. The van der Waals surface area contributed by atoms with Crippen molar-refractivity contribution in [2.24, 2.45) is 35.5 Å². The molecule has 24 heavy (non-hydrogen) atoms. The van der Waals surface area contributed by atoms with Crippen LogP contribution >= 0.6 is 15.9 Å². The molecule has 4 aliphatic carbocycles. The van der Waals surface area contributed by atoms with Gasteiger partial charge >= 0.3 is 0 Å². The zero-order valence-electron chi connectivity index (χ0n) is 12.7. The minimum Gasteiger partial charge on any atom is -0.272 e. The third kappa shape index (κ3) is 1.83. The summed E-state index contributed by atoms with van der Waals surface area (Å²) in [6.07, 6.45) is 5.36. The van der Waals surface area contributed by atoms with E-state index in [2.05, 4.69) is 33.5 Å². The van der Waals surface area contributed by atoms with Gasteiger partial charge in [0, 0.05) is 10.0 Å². The maximum absolute atomic E-state index is 12.8. The van der Waals surface area contributed by atoms with Gasteiger partial charge in [0.2, 0.25) is 0 Å². The third-order valence-electron chi connectivity index (χ3n) is 5.98. The zero-order valence-corrected chi connectivity index (χ0v) is 14.3. The molecule has 5 nitrogen and oxygen atoms in total. The van der Waals surface area contributed by atoms with E-state index >= 15 is 0 Å². The maximum atomic E-state index is 12.8.